The van der Waals surface area contributed by atoms with E-state index in [1.807, 2.05) is 0 Å². The maximum Gasteiger partial charge on any atom is 0.0225 e. The zero-order chi connectivity index (χ0) is 13.7. The van der Waals surface area contributed by atoms with Gasteiger partial charge in [0.25, 0.3) is 0 Å². The number of hydrogen-bond acceptors (Lipinski definition) is 2. The minimum Gasteiger partial charge on any atom is -0.326 e. The smallest absolute Gasteiger partial charge is 0.0225 e. The molecule has 20 heavy (non-hydrogen) atoms. The van der Waals surface area contributed by atoms with Gasteiger partial charge in [0.05, 0.1) is 0 Å². The Hall–Kier alpha value is -0.0800. The Morgan fingerprint density at radius 2 is 1.65 bits per heavy atom. The highest BCUT2D eigenvalue weighted by molar-refractivity contribution is 5.06. The molecule has 1 heterocycles. The fourth-order valence-corrected chi connectivity index (χ4v) is 6.51. The predicted molar refractivity (Wildman–Crippen MR) is 83.5 cm³/mol. The molecule has 0 radical (unpaired) electrons. The van der Waals surface area contributed by atoms with Gasteiger partial charge in [0, 0.05) is 18.6 Å². The van der Waals surface area contributed by atoms with E-state index in [1.165, 1.54) is 70.9 Å². The third-order valence-corrected chi connectivity index (χ3v) is 7.24. The normalized spacial score (nSPS) is 49.5. The molecule has 2 atom stereocenters. The number of nitrogens with two attached hydrogens (primary N) is 1. The third-order valence-electron chi connectivity index (χ3n) is 7.24. The van der Waals surface area contributed by atoms with Crippen molar-refractivity contribution in [2.24, 2.45) is 28.9 Å². The molecule has 5 aliphatic rings. The minimum atomic E-state index is 0.441. The van der Waals surface area contributed by atoms with Crippen LogP contribution in [0.2, 0.25) is 0 Å². The lowest BCUT2D eigenvalue weighted by molar-refractivity contribution is -0.0737. The Bertz CT molecular complexity index is 329. The first kappa shape index (κ1) is 13.6. The maximum atomic E-state index is 6.82. The van der Waals surface area contributed by atoms with Gasteiger partial charge in [-0.05, 0) is 88.0 Å². The van der Waals surface area contributed by atoms with Gasteiger partial charge in [-0.1, -0.05) is 6.42 Å². The first-order valence-corrected chi connectivity index (χ1v) is 9.14. The highest BCUT2D eigenvalue weighted by atomic mass is 15.2. The molecule has 4 aliphatic carbocycles. The second-order valence-corrected chi connectivity index (χ2v) is 8.73. The molecule has 114 valence electrons. The molecule has 2 unspecified atom stereocenters. The van der Waals surface area contributed by atoms with E-state index in [-0.39, 0.29) is 0 Å². The molecule has 5 rings (SSSR count). The van der Waals surface area contributed by atoms with Crippen LogP contribution < -0.4 is 5.73 Å². The summed E-state index contributed by atoms with van der Waals surface area (Å²) in [6.45, 7) is 4.88. The van der Waals surface area contributed by atoms with Crippen LogP contribution in [0.15, 0.2) is 0 Å². The van der Waals surface area contributed by atoms with Crippen molar-refractivity contribution in [3.8, 4) is 0 Å². The van der Waals surface area contributed by atoms with Gasteiger partial charge in [0.1, 0.15) is 0 Å². The molecule has 0 aromatic carbocycles. The zero-order valence-corrected chi connectivity index (χ0v) is 13.2. The molecule has 2 heteroatoms. The zero-order valence-electron chi connectivity index (χ0n) is 13.2. The van der Waals surface area contributed by atoms with Gasteiger partial charge in [0.2, 0.25) is 0 Å². The Morgan fingerprint density at radius 1 is 1.05 bits per heavy atom. The lowest BCUT2D eigenvalue weighted by Gasteiger charge is -2.59. The molecule has 0 aromatic rings. The first-order valence-electron chi connectivity index (χ1n) is 9.14. The average molecular weight is 276 g/mol. The van der Waals surface area contributed by atoms with E-state index in [4.69, 9.17) is 5.73 Å². The summed E-state index contributed by atoms with van der Waals surface area (Å²) in [6, 6.07) is 1.21. The second-order valence-electron chi connectivity index (χ2n) is 8.73. The van der Waals surface area contributed by atoms with Crippen LogP contribution in [0.5, 0.6) is 0 Å². The largest absolute Gasteiger partial charge is 0.326 e. The summed E-state index contributed by atoms with van der Waals surface area (Å²) >= 11 is 0. The van der Waals surface area contributed by atoms with Crippen molar-refractivity contribution in [3.63, 3.8) is 0 Å². The number of likely N-dealkylation sites (tertiary alicyclic amines) is 1. The number of nitrogens with zero attached hydrogens (tertiary/aromatic N) is 1. The van der Waals surface area contributed by atoms with Gasteiger partial charge in [-0.15, -0.1) is 0 Å². The lowest BCUT2D eigenvalue weighted by Crippen LogP contribution is -2.58. The van der Waals surface area contributed by atoms with E-state index < -0.39 is 0 Å². The third kappa shape index (κ3) is 2.23. The van der Waals surface area contributed by atoms with Crippen molar-refractivity contribution in [2.75, 3.05) is 13.1 Å². The fourth-order valence-electron chi connectivity index (χ4n) is 6.51. The van der Waals surface area contributed by atoms with Crippen LogP contribution in [0.3, 0.4) is 0 Å². The number of hydrogen-bond donors (Lipinski definition) is 1. The van der Waals surface area contributed by atoms with Crippen LogP contribution >= 0.6 is 0 Å². The quantitative estimate of drug-likeness (QED) is 0.856. The standard InChI is InChI=1S/C18H32N2/c1-13-4-2-3-5-20(13)12-17(19)18-9-14-6-15(10-18)8-16(7-14)11-18/h13-17H,2-12,19H2,1H3. The summed E-state index contributed by atoms with van der Waals surface area (Å²) in [4.78, 5) is 2.70. The van der Waals surface area contributed by atoms with Crippen LogP contribution in [-0.4, -0.2) is 30.1 Å². The summed E-state index contributed by atoms with van der Waals surface area (Å²) in [5, 5.41) is 0. The van der Waals surface area contributed by atoms with Crippen molar-refractivity contribution >= 4 is 0 Å². The van der Waals surface area contributed by atoms with Crippen molar-refractivity contribution in [3.05, 3.63) is 0 Å². The monoisotopic (exact) mass is 276 g/mol. The summed E-state index contributed by atoms with van der Waals surface area (Å²) in [5.74, 6) is 3.10. The minimum absolute atomic E-state index is 0.441. The fraction of sp³-hybridized carbons (Fsp3) is 1.00. The van der Waals surface area contributed by atoms with Crippen molar-refractivity contribution in [1.82, 2.24) is 4.90 Å². The maximum absolute atomic E-state index is 6.82. The average Bonchev–Trinajstić information content (AvgIpc) is 2.40. The van der Waals surface area contributed by atoms with Crippen LogP contribution in [0.25, 0.3) is 0 Å². The van der Waals surface area contributed by atoms with E-state index in [0.717, 1.165) is 23.8 Å². The van der Waals surface area contributed by atoms with Gasteiger partial charge >= 0.3 is 0 Å². The van der Waals surface area contributed by atoms with Gasteiger partial charge < -0.3 is 5.73 Å². The molecule has 1 aliphatic heterocycles. The summed E-state index contributed by atoms with van der Waals surface area (Å²) in [7, 11) is 0. The summed E-state index contributed by atoms with van der Waals surface area (Å²) in [6.07, 6.45) is 13.2. The van der Waals surface area contributed by atoms with Crippen molar-refractivity contribution < 1.29 is 0 Å². The van der Waals surface area contributed by atoms with Gasteiger partial charge in [-0.2, -0.15) is 0 Å². The molecule has 0 amide bonds. The highest BCUT2D eigenvalue weighted by Gasteiger charge is 2.53. The van der Waals surface area contributed by atoms with Crippen molar-refractivity contribution in [1.29, 1.82) is 0 Å². The van der Waals surface area contributed by atoms with E-state index in [0.29, 0.717) is 11.5 Å². The molecular weight excluding hydrogens is 244 g/mol. The molecule has 2 N–H and O–H groups in total. The van der Waals surface area contributed by atoms with Crippen LogP contribution in [0.1, 0.15) is 64.7 Å². The van der Waals surface area contributed by atoms with Gasteiger partial charge in [-0.3, -0.25) is 4.90 Å². The molecule has 5 fully saturated rings. The van der Waals surface area contributed by atoms with E-state index in [9.17, 15) is 0 Å². The molecule has 0 aromatic heterocycles. The Morgan fingerprint density at radius 3 is 2.20 bits per heavy atom. The Balaban J connectivity index is 1.46. The second kappa shape index (κ2) is 4.98. The van der Waals surface area contributed by atoms with Crippen LogP contribution in [0, 0.1) is 23.2 Å². The van der Waals surface area contributed by atoms with E-state index in [1.54, 1.807) is 0 Å². The topological polar surface area (TPSA) is 29.3 Å². The van der Waals surface area contributed by atoms with Crippen LogP contribution in [0.4, 0.5) is 0 Å². The van der Waals surface area contributed by atoms with E-state index >= 15 is 0 Å². The number of piperidine rings is 1. The molecule has 1 saturated heterocycles. The van der Waals surface area contributed by atoms with Crippen LogP contribution in [-0.2, 0) is 0 Å². The first-order chi connectivity index (χ1) is 9.64. The molecular formula is C18H32N2. The van der Waals surface area contributed by atoms with Crippen molar-refractivity contribution in [2.45, 2.75) is 76.8 Å². The highest BCUT2D eigenvalue weighted by Crippen LogP contribution is 2.61. The molecule has 0 spiro atoms. The summed E-state index contributed by atoms with van der Waals surface area (Å²) in [5.41, 5.74) is 7.36. The predicted octanol–water partition coefficient (Wildman–Crippen LogP) is 3.40. The Labute approximate surface area is 124 Å². The summed E-state index contributed by atoms with van der Waals surface area (Å²) < 4.78 is 0. The molecule has 4 bridgehead atoms. The molecule has 4 saturated carbocycles. The molecule has 2 nitrogen and oxygen atoms in total. The Kier molecular flexibility index (Phi) is 3.38. The van der Waals surface area contributed by atoms with E-state index in [2.05, 4.69) is 11.8 Å². The lowest BCUT2D eigenvalue weighted by atomic mass is 9.47. The van der Waals surface area contributed by atoms with Gasteiger partial charge in [-0.25, -0.2) is 0 Å². The number of rotatable bonds is 3. The SMILES string of the molecule is CC1CCCCN1CC(N)C12CC3CC(CC(C3)C1)C2. The van der Waals surface area contributed by atoms with Gasteiger partial charge in [0.15, 0.2) is 0 Å².